The van der Waals surface area contributed by atoms with E-state index >= 15 is 0 Å². The van der Waals surface area contributed by atoms with E-state index in [1.165, 1.54) is 11.2 Å². The predicted molar refractivity (Wildman–Crippen MR) is 125 cm³/mol. The molecule has 0 bridgehead atoms. The maximum Gasteiger partial charge on any atom is 0.229 e. The average molecular weight is 457 g/mol. The van der Waals surface area contributed by atoms with E-state index in [0.717, 1.165) is 18.8 Å². The van der Waals surface area contributed by atoms with E-state index in [2.05, 4.69) is 37.0 Å². The van der Waals surface area contributed by atoms with Crippen LogP contribution >= 0.6 is 0 Å². The van der Waals surface area contributed by atoms with Gasteiger partial charge >= 0.3 is 0 Å². The molecule has 0 saturated carbocycles. The second-order valence-corrected chi connectivity index (χ2v) is 8.15. The summed E-state index contributed by atoms with van der Waals surface area (Å²) < 4.78 is 39.9. The van der Waals surface area contributed by atoms with Crippen LogP contribution in [-0.4, -0.2) is 31.0 Å². The van der Waals surface area contributed by atoms with E-state index in [1.54, 1.807) is 48.5 Å². The van der Waals surface area contributed by atoms with Crippen molar-refractivity contribution >= 4 is 50.9 Å². The molecule has 0 unspecified atom stereocenters. The van der Waals surface area contributed by atoms with Crippen molar-refractivity contribution in [1.29, 1.82) is 0 Å². The number of halogens is 1. The molecule has 3 rings (SSSR count). The summed E-state index contributed by atoms with van der Waals surface area (Å²) in [6.07, 6.45) is 4.65. The lowest BCUT2D eigenvalue weighted by molar-refractivity contribution is 0.607. The number of nitrogens with two attached hydrogens (primary N) is 1. The molecule has 0 aliphatic carbocycles. The summed E-state index contributed by atoms with van der Waals surface area (Å²) in [4.78, 5) is 8.12. The maximum absolute atomic E-state index is 14.4. The summed E-state index contributed by atoms with van der Waals surface area (Å²) in [7, 11) is -3.53. The topological polar surface area (TPSA) is 138 Å². The molecule has 166 valence electrons. The molecule has 32 heavy (non-hydrogen) atoms. The van der Waals surface area contributed by atoms with Crippen LogP contribution in [0.4, 0.5) is 38.9 Å². The molecular weight excluding hydrogens is 435 g/mol. The first-order valence-electron chi connectivity index (χ1n) is 9.18. The molecular formula is C20H21FN8O2S. The minimum absolute atomic E-state index is 0.118. The van der Waals surface area contributed by atoms with Gasteiger partial charge in [-0.15, -0.1) is 0 Å². The van der Waals surface area contributed by atoms with Crippen LogP contribution in [0.25, 0.3) is 0 Å². The predicted octanol–water partition coefficient (Wildman–Crippen LogP) is 3.33. The summed E-state index contributed by atoms with van der Waals surface area (Å²) in [5, 5.41) is 11.2. The highest BCUT2D eigenvalue weighted by molar-refractivity contribution is 7.92. The van der Waals surface area contributed by atoms with E-state index in [0.29, 0.717) is 17.1 Å². The third kappa shape index (κ3) is 5.92. The Balaban J connectivity index is 1.86. The Labute approximate surface area is 184 Å². The van der Waals surface area contributed by atoms with E-state index in [9.17, 15) is 12.8 Å². The molecule has 0 spiro atoms. The van der Waals surface area contributed by atoms with Gasteiger partial charge in [0.1, 0.15) is 6.34 Å². The Hall–Kier alpha value is -4.19. The van der Waals surface area contributed by atoms with Gasteiger partial charge in [0.05, 0.1) is 29.5 Å². The number of rotatable bonds is 9. The van der Waals surface area contributed by atoms with E-state index < -0.39 is 15.8 Å². The quantitative estimate of drug-likeness (QED) is 0.219. The van der Waals surface area contributed by atoms with Crippen LogP contribution in [0.2, 0.25) is 0 Å². The standard InChI is InChI=1S/C20H21FN8O2S/c1-3-29(24-13-22)15-8-6-7-14(11-15)25-20-23-12-16(21)19(27-20)26-17-9-4-5-10-18(17)28-32(2,30)31/h3-13,28H,1H2,2H3,(H2,22,24)(H2,23,25,26,27). The zero-order valence-electron chi connectivity index (χ0n) is 17.0. The van der Waals surface area contributed by atoms with Gasteiger partial charge in [0.25, 0.3) is 0 Å². The van der Waals surface area contributed by atoms with Gasteiger partial charge in [-0.1, -0.05) is 24.8 Å². The lowest BCUT2D eigenvalue weighted by Crippen LogP contribution is -2.11. The van der Waals surface area contributed by atoms with Crippen molar-refractivity contribution in [3.05, 3.63) is 73.3 Å². The zero-order chi connectivity index (χ0) is 23.1. The number of benzene rings is 2. The number of hydrogen-bond donors (Lipinski definition) is 4. The van der Waals surface area contributed by atoms with Crippen molar-refractivity contribution in [2.75, 3.05) is 26.6 Å². The third-order valence-corrected chi connectivity index (χ3v) is 4.54. The fourth-order valence-electron chi connectivity index (χ4n) is 2.67. The van der Waals surface area contributed by atoms with Crippen molar-refractivity contribution in [1.82, 2.24) is 9.97 Å². The average Bonchev–Trinajstić information content (AvgIpc) is 2.75. The van der Waals surface area contributed by atoms with Crippen molar-refractivity contribution in [2.45, 2.75) is 0 Å². The first kappa shape index (κ1) is 22.5. The summed E-state index contributed by atoms with van der Waals surface area (Å²) in [6, 6.07) is 13.5. The van der Waals surface area contributed by atoms with Crippen molar-refractivity contribution in [2.24, 2.45) is 10.8 Å². The number of nitrogens with zero attached hydrogens (tertiary/aromatic N) is 4. The van der Waals surface area contributed by atoms with Gasteiger partial charge < -0.3 is 16.4 Å². The number of hydrazone groups is 1. The molecule has 1 aromatic heterocycles. The van der Waals surface area contributed by atoms with Gasteiger partial charge in [0.15, 0.2) is 11.6 Å². The van der Waals surface area contributed by atoms with Gasteiger partial charge in [-0.05, 0) is 30.3 Å². The molecule has 0 fully saturated rings. The van der Waals surface area contributed by atoms with Gasteiger partial charge in [-0.25, -0.2) is 22.8 Å². The van der Waals surface area contributed by atoms with Gasteiger partial charge in [-0.3, -0.25) is 4.72 Å². The van der Waals surface area contributed by atoms with E-state index in [1.807, 2.05) is 0 Å². The molecule has 5 N–H and O–H groups in total. The first-order valence-corrected chi connectivity index (χ1v) is 11.1. The van der Waals surface area contributed by atoms with Crippen molar-refractivity contribution in [3.63, 3.8) is 0 Å². The largest absolute Gasteiger partial charge is 0.388 e. The molecule has 3 aromatic rings. The number of aromatic nitrogens is 2. The monoisotopic (exact) mass is 456 g/mol. The highest BCUT2D eigenvalue weighted by Crippen LogP contribution is 2.27. The Morgan fingerprint density at radius 3 is 2.59 bits per heavy atom. The second-order valence-electron chi connectivity index (χ2n) is 6.40. The van der Waals surface area contributed by atoms with Crippen LogP contribution in [0.15, 0.2) is 72.6 Å². The fourth-order valence-corrected chi connectivity index (χ4v) is 3.25. The highest BCUT2D eigenvalue weighted by atomic mass is 32.2. The Bertz CT molecular complexity index is 1250. The first-order chi connectivity index (χ1) is 15.3. The van der Waals surface area contributed by atoms with Crippen molar-refractivity contribution < 1.29 is 12.8 Å². The molecule has 0 aliphatic rings. The Kier molecular flexibility index (Phi) is 6.85. The summed E-state index contributed by atoms with van der Waals surface area (Å²) >= 11 is 0. The zero-order valence-corrected chi connectivity index (χ0v) is 17.8. The minimum atomic E-state index is -3.53. The van der Waals surface area contributed by atoms with Gasteiger partial charge in [-0.2, -0.15) is 10.1 Å². The molecule has 1 heterocycles. The number of para-hydroxylation sites is 2. The fraction of sp³-hybridized carbons (Fsp3) is 0.0500. The molecule has 0 saturated heterocycles. The molecule has 2 aromatic carbocycles. The minimum Gasteiger partial charge on any atom is -0.388 e. The number of hydrogen-bond acceptors (Lipinski definition) is 8. The second kappa shape index (κ2) is 9.75. The Morgan fingerprint density at radius 2 is 1.91 bits per heavy atom. The summed E-state index contributed by atoms with van der Waals surface area (Å²) in [5.74, 6) is -0.734. The van der Waals surface area contributed by atoms with Crippen LogP contribution in [0, 0.1) is 5.82 Å². The lowest BCUT2D eigenvalue weighted by atomic mass is 10.2. The van der Waals surface area contributed by atoms with Gasteiger partial charge in [0.2, 0.25) is 16.0 Å². The van der Waals surface area contributed by atoms with Gasteiger partial charge in [0, 0.05) is 11.9 Å². The van der Waals surface area contributed by atoms with E-state index in [4.69, 9.17) is 5.73 Å². The van der Waals surface area contributed by atoms with E-state index in [-0.39, 0.29) is 17.5 Å². The van der Waals surface area contributed by atoms with Crippen LogP contribution in [-0.2, 0) is 10.0 Å². The smallest absolute Gasteiger partial charge is 0.229 e. The molecule has 10 nitrogen and oxygen atoms in total. The number of sulfonamides is 1. The van der Waals surface area contributed by atoms with Crippen LogP contribution < -0.4 is 26.1 Å². The SMILES string of the molecule is C=CN(/N=C\N)c1cccc(Nc2ncc(F)c(Nc3ccccc3NS(C)(=O)=O)n2)c1. The molecule has 0 aliphatic heterocycles. The molecule has 12 heteroatoms. The molecule has 0 radical (unpaired) electrons. The lowest BCUT2D eigenvalue weighted by Gasteiger charge is -2.15. The number of nitrogens with one attached hydrogen (secondary N) is 3. The third-order valence-electron chi connectivity index (χ3n) is 3.95. The van der Waals surface area contributed by atoms with Crippen LogP contribution in [0.5, 0.6) is 0 Å². The highest BCUT2D eigenvalue weighted by Gasteiger charge is 2.12. The van der Waals surface area contributed by atoms with Crippen LogP contribution in [0.3, 0.4) is 0 Å². The summed E-state index contributed by atoms with van der Waals surface area (Å²) in [6.45, 7) is 3.68. The van der Waals surface area contributed by atoms with Crippen molar-refractivity contribution in [3.8, 4) is 0 Å². The summed E-state index contributed by atoms with van der Waals surface area (Å²) in [5.41, 5.74) is 7.20. The number of anilines is 6. The maximum atomic E-state index is 14.4. The normalized spacial score (nSPS) is 11.2. The molecule has 0 atom stereocenters. The van der Waals surface area contributed by atoms with Crippen LogP contribution in [0.1, 0.15) is 0 Å². The molecule has 0 amide bonds. The Morgan fingerprint density at radius 1 is 1.16 bits per heavy atom.